The van der Waals surface area contributed by atoms with E-state index in [1.165, 1.54) is 0 Å². The molecule has 1 aromatic heterocycles. The number of hydrogen-bond acceptors (Lipinski definition) is 3. The minimum absolute atomic E-state index is 0.154. The third-order valence-corrected chi connectivity index (χ3v) is 5.63. The molecule has 4 nitrogen and oxygen atoms in total. The number of para-hydroxylation sites is 1. The first-order chi connectivity index (χ1) is 15.0. The fourth-order valence-electron chi connectivity index (χ4n) is 3.40. The molecular formula is C25H20Cl2N2O2. The Bertz CT molecular complexity index is 1240. The van der Waals surface area contributed by atoms with Crippen molar-refractivity contribution in [3.63, 3.8) is 0 Å². The summed E-state index contributed by atoms with van der Waals surface area (Å²) in [6.45, 7) is 0.453. The molecule has 0 saturated heterocycles. The Balaban J connectivity index is 1.59. The summed E-state index contributed by atoms with van der Waals surface area (Å²) in [5, 5.41) is 4.99. The maximum atomic E-state index is 13.1. The maximum Gasteiger partial charge on any atom is 0.252 e. The normalized spacial score (nSPS) is 10.8. The Morgan fingerprint density at radius 3 is 2.52 bits per heavy atom. The molecule has 1 heterocycles. The highest BCUT2D eigenvalue weighted by Crippen LogP contribution is 2.26. The smallest absolute Gasteiger partial charge is 0.252 e. The van der Waals surface area contributed by atoms with Gasteiger partial charge in [0, 0.05) is 27.5 Å². The molecule has 0 saturated carbocycles. The van der Waals surface area contributed by atoms with Crippen molar-refractivity contribution in [1.29, 1.82) is 0 Å². The minimum Gasteiger partial charge on any atom is -0.497 e. The summed E-state index contributed by atoms with van der Waals surface area (Å²) in [7, 11) is 1.63. The molecule has 3 aromatic carbocycles. The van der Waals surface area contributed by atoms with Gasteiger partial charge in [-0.3, -0.25) is 4.79 Å². The number of hydrogen-bond donors (Lipinski definition) is 1. The van der Waals surface area contributed by atoms with Crippen molar-refractivity contribution in [3.8, 4) is 17.0 Å². The third kappa shape index (κ3) is 4.82. The van der Waals surface area contributed by atoms with E-state index in [1.807, 2.05) is 60.7 Å². The first-order valence-electron chi connectivity index (χ1n) is 9.81. The Hall–Kier alpha value is -3.08. The number of pyridine rings is 1. The SMILES string of the molecule is COc1ccc(-c2cc(C(=O)NCCc3ccc(Cl)cc3Cl)c3ccccc3n2)cc1. The third-order valence-electron chi connectivity index (χ3n) is 5.04. The summed E-state index contributed by atoms with van der Waals surface area (Å²) in [6, 6.07) is 22.5. The van der Waals surface area contributed by atoms with E-state index >= 15 is 0 Å². The van der Waals surface area contributed by atoms with Crippen LogP contribution in [0.1, 0.15) is 15.9 Å². The number of methoxy groups -OCH3 is 1. The van der Waals surface area contributed by atoms with E-state index in [0.29, 0.717) is 28.6 Å². The molecule has 0 radical (unpaired) electrons. The summed E-state index contributed by atoms with van der Waals surface area (Å²) >= 11 is 12.2. The fraction of sp³-hybridized carbons (Fsp3) is 0.120. The van der Waals surface area contributed by atoms with E-state index in [4.69, 9.17) is 32.9 Å². The van der Waals surface area contributed by atoms with E-state index in [-0.39, 0.29) is 5.91 Å². The van der Waals surface area contributed by atoms with Gasteiger partial charge in [0.25, 0.3) is 5.91 Å². The number of halogens is 2. The number of carbonyl (C=O) groups excluding carboxylic acids is 1. The van der Waals surface area contributed by atoms with Gasteiger partial charge in [-0.2, -0.15) is 0 Å². The number of nitrogens with one attached hydrogen (secondary N) is 1. The molecule has 0 atom stereocenters. The van der Waals surface area contributed by atoms with Crippen LogP contribution in [0, 0.1) is 0 Å². The van der Waals surface area contributed by atoms with E-state index < -0.39 is 0 Å². The summed E-state index contributed by atoms with van der Waals surface area (Å²) in [4.78, 5) is 17.8. The lowest BCUT2D eigenvalue weighted by Gasteiger charge is -2.11. The van der Waals surface area contributed by atoms with Crippen molar-refractivity contribution in [3.05, 3.63) is 94.0 Å². The standard InChI is InChI=1S/C25H20Cl2N2O2/c1-31-19-10-7-17(8-11-19)24-15-21(20-4-2-3-5-23(20)29-24)25(30)28-13-12-16-6-9-18(26)14-22(16)27/h2-11,14-15H,12-13H2,1H3,(H,28,30). The molecule has 6 heteroatoms. The predicted molar refractivity (Wildman–Crippen MR) is 126 cm³/mol. The van der Waals surface area contributed by atoms with Crippen LogP contribution < -0.4 is 10.1 Å². The second-order valence-corrected chi connectivity index (χ2v) is 7.89. The number of nitrogens with zero attached hydrogens (tertiary/aromatic N) is 1. The molecule has 0 unspecified atom stereocenters. The largest absolute Gasteiger partial charge is 0.497 e. The molecule has 0 aliphatic heterocycles. The topological polar surface area (TPSA) is 51.2 Å². The van der Waals surface area contributed by atoms with E-state index in [1.54, 1.807) is 19.2 Å². The molecule has 0 aliphatic rings. The Morgan fingerprint density at radius 1 is 1.00 bits per heavy atom. The van der Waals surface area contributed by atoms with Gasteiger partial charge in [0.15, 0.2) is 0 Å². The van der Waals surface area contributed by atoms with Gasteiger partial charge in [-0.1, -0.05) is 47.5 Å². The number of benzene rings is 3. The first kappa shape index (κ1) is 21.2. The van der Waals surface area contributed by atoms with Gasteiger partial charge in [-0.15, -0.1) is 0 Å². The average Bonchev–Trinajstić information content (AvgIpc) is 2.79. The number of carbonyl (C=O) groups is 1. The summed E-state index contributed by atoms with van der Waals surface area (Å²) in [5.74, 6) is 0.613. The summed E-state index contributed by atoms with van der Waals surface area (Å²) < 4.78 is 5.23. The van der Waals surface area contributed by atoms with Crippen LogP contribution in [0.2, 0.25) is 10.0 Å². The highest BCUT2D eigenvalue weighted by Gasteiger charge is 2.14. The van der Waals surface area contributed by atoms with Crippen LogP contribution in [0.15, 0.2) is 72.8 Å². The second-order valence-electron chi connectivity index (χ2n) is 7.04. The highest BCUT2D eigenvalue weighted by molar-refractivity contribution is 6.35. The van der Waals surface area contributed by atoms with Crippen LogP contribution >= 0.6 is 23.2 Å². The number of amides is 1. The molecule has 0 aliphatic carbocycles. The molecule has 4 rings (SSSR count). The molecule has 0 bridgehead atoms. The summed E-state index contributed by atoms with van der Waals surface area (Å²) in [6.07, 6.45) is 0.607. The molecule has 156 valence electrons. The fourth-order valence-corrected chi connectivity index (χ4v) is 3.91. The van der Waals surface area contributed by atoms with Crippen molar-refractivity contribution < 1.29 is 9.53 Å². The van der Waals surface area contributed by atoms with Gasteiger partial charge in [-0.25, -0.2) is 4.98 Å². The number of fused-ring (bicyclic) bond motifs is 1. The predicted octanol–water partition coefficient (Wildman–Crippen LogP) is 6.19. The lowest BCUT2D eigenvalue weighted by atomic mass is 10.0. The monoisotopic (exact) mass is 450 g/mol. The van der Waals surface area contributed by atoms with Gasteiger partial charge in [0.2, 0.25) is 0 Å². The molecule has 4 aromatic rings. The Kier molecular flexibility index (Phi) is 6.40. The zero-order valence-electron chi connectivity index (χ0n) is 16.9. The maximum absolute atomic E-state index is 13.1. The molecule has 1 amide bonds. The summed E-state index contributed by atoms with van der Waals surface area (Å²) in [5.41, 5.74) is 3.92. The van der Waals surface area contributed by atoms with Crippen LogP contribution in [0.25, 0.3) is 22.2 Å². The van der Waals surface area contributed by atoms with E-state index in [9.17, 15) is 4.79 Å². The van der Waals surface area contributed by atoms with Gasteiger partial charge >= 0.3 is 0 Å². The number of ether oxygens (including phenoxy) is 1. The quantitative estimate of drug-likeness (QED) is 0.380. The average molecular weight is 451 g/mol. The van der Waals surface area contributed by atoms with Crippen molar-refractivity contribution in [2.45, 2.75) is 6.42 Å². The Labute approximate surface area is 190 Å². The zero-order valence-corrected chi connectivity index (χ0v) is 18.4. The number of rotatable bonds is 6. The second kappa shape index (κ2) is 9.38. The molecular weight excluding hydrogens is 431 g/mol. The van der Waals surface area contributed by atoms with Crippen molar-refractivity contribution in [2.75, 3.05) is 13.7 Å². The van der Waals surface area contributed by atoms with Gasteiger partial charge in [0.05, 0.1) is 23.9 Å². The van der Waals surface area contributed by atoms with E-state index in [2.05, 4.69) is 5.32 Å². The molecule has 1 N–H and O–H groups in total. The van der Waals surface area contributed by atoms with Crippen LogP contribution in [-0.2, 0) is 6.42 Å². The van der Waals surface area contributed by atoms with Crippen molar-refractivity contribution in [1.82, 2.24) is 10.3 Å². The zero-order chi connectivity index (χ0) is 21.8. The van der Waals surface area contributed by atoms with Crippen molar-refractivity contribution >= 4 is 40.0 Å². The molecule has 0 fully saturated rings. The van der Waals surface area contributed by atoms with E-state index in [0.717, 1.165) is 33.5 Å². The minimum atomic E-state index is -0.154. The van der Waals surface area contributed by atoms with Crippen LogP contribution in [0.5, 0.6) is 5.75 Å². The van der Waals surface area contributed by atoms with Crippen LogP contribution in [-0.4, -0.2) is 24.5 Å². The number of aromatic nitrogens is 1. The molecule has 0 spiro atoms. The lowest BCUT2D eigenvalue weighted by molar-refractivity contribution is 0.0955. The van der Waals surface area contributed by atoms with Crippen molar-refractivity contribution in [2.24, 2.45) is 0 Å². The first-order valence-corrected chi connectivity index (χ1v) is 10.6. The Morgan fingerprint density at radius 2 is 1.77 bits per heavy atom. The van der Waals surface area contributed by atoms with Gasteiger partial charge in [0.1, 0.15) is 5.75 Å². The van der Waals surface area contributed by atoms with Gasteiger partial charge < -0.3 is 10.1 Å². The molecule has 31 heavy (non-hydrogen) atoms. The van der Waals surface area contributed by atoms with Crippen LogP contribution in [0.4, 0.5) is 0 Å². The lowest BCUT2D eigenvalue weighted by Crippen LogP contribution is -2.26. The van der Waals surface area contributed by atoms with Crippen LogP contribution in [0.3, 0.4) is 0 Å². The van der Waals surface area contributed by atoms with Gasteiger partial charge in [-0.05, 0) is 60.5 Å². The highest BCUT2D eigenvalue weighted by atomic mass is 35.5.